The molecule has 43 heavy (non-hydrogen) atoms. The fraction of sp³-hybridized carbons (Fsp3) is 0.250. The molecule has 3 aromatic carbocycles. The smallest absolute Gasteiger partial charge is 0.222 e. The highest BCUT2D eigenvalue weighted by atomic mass is 35.5. The molecule has 0 saturated carbocycles. The van der Waals surface area contributed by atoms with Gasteiger partial charge in [-0.3, -0.25) is 14.4 Å². The third kappa shape index (κ3) is 6.01. The molecule has 1 atom stereocenters. The summed E-state index contributed by atoms with van der Waals surface area (Å²) in [6, 6.07) is 21.1. The molecule has 1 amide bonds. The standard InChI is InChI=1S/C32H32ClN5O3SSi/c1-19-36-37-32-27(18-30(39)34-14-13-24-15-21-16-25(43(3,4)40)10-12-29(21)42-24)35-31(20-5-7-22(33)8-6-20)26-17-23(41-2)9-11-28(26)38(19)32/h5-12,15-17,27,40H,13-14,18H2,1-4H3,(H,34,39)/t27-/m0/s1. The van der Waals surface area contributed by atoms with Gasteiger partial charge >= 0.3 is 0 Å². The number of fused-ring (bicyclic) bond motifs is 4. The summed E-state index contributed by atoms with van der Waals surface area (Å²) in [6.07, 6.45) is 0.831. The Morgan fingerprint density at radius 1 is 1.09 bits per heavy atom. The number of aromatic nitrogens is 3. The SMILES string of the molecule is COc1ccc2c(c1)C(c1ccc(Cl)cc1)=N[C@@H](CC(=O)NCCc1cc3cc([Si](C)(C)O)ccc3s1)c1nnc(C)n1-2. The van der Waals surface area contributed by atoms with E-state index in [1.54, 1.807) is 18.4 Å². The van der Waals surface area contributed by atoms with Gasteiger partial charge in [-0.15, -0.1) is 21.5 Å². The molecular formula is C32H32ClN5O3SSi. The van der Waals surface area contributed by atoms with Crippen LogP contribution in [0.5, 0.6) is 5.75 Å². The first-order valence-electron chi connectivity index (χ1n) is 14.1. The van der Waals surface area contributed by atoms with Crippen molar-refractivity contribution in [2.75, 3.05) is 13.7 Å². The number of carbonyl (C=O) groups excluding carboxylic acids is 1. The third-order valence-electron chi connectivity index (χ3n) is 7.60. The summed E-state index contributed by atoms with van der Waals surface area (Å²) < 4.78 is 8.70. The molecule has 0 bridgehead atoms. The number of rotatable bonds is 8. The predicted molar refractivity (Wildman–Crippen MR) is 175 cm³/mol. The molecule has 220 valence electrons. The molecule has 0 unspecified atom stereocenters. The molecule has 6 rings (SSSR count). The minimum Gasteiger partial charge on any atom is -0.497 e. The number of carbonyl (C=O) groups is 1. The van der Waals surface area contributed by atoms with Crippen molar-refractivity contribution in [2.45, 2.75) is 38.9 Å². The summed E-state index contributed by atoms with van der Waals surface area (Å²) in [7, 11) is -0.739. The number of methoxy groups -OCH3 is 1. The van der Waals surface area contributed by atoms with Gasteiger partial charge in [0.05, 0.1) is 24.9 Å². The van der Waals surface area contributed by atoms with E-state index in [9.17, 15) is 9.59 Å². The van der Waals surface area contributed by atoms with E-state index in [1.807, 2.05) is 73.1 Å². The second kappa shape index (κ2) is 11.7. The van der Waals surface area contributed by atoms with Crippen molar-refractivity contribution >= 4 is 58.1 Å². The lowest BCUT2D eigenvalue weighted by atomic mass is 10.00. The van der Waals surface area contributed by atoms with Crippen molar-refractivity contribution in [3.63, 3.8) is 0 Å². The summed E-state index contributed by atoms with van der Waals surface area (Å²) in [5.74, 6) is 1.90. The Morgan fingerprint density at radius 3 is 2.63 bits per heavy atom. The van der Waals surface area contributed by atoms with Gasteiger partial charge < -0.3 is 14.8 Å². The summed E-state index contributed by atoms with van der Waals surface area (Å²) in [5.41, 5.74) is 3.33. The van der Waals surface area contributed by atoms with E-state index in [2.05, 4.69) is 33.7 Å². The molecule has 0 radical (unpaired) electrons. The number of benzene rings is 3. The maximum atomic E-state index is 13.3. The molecule has 1 aliphatic rings. The van der Waals surface area contributed by atoms with Crippen molar-refractivity contribution in [1.82, 2.24) is 20.1 Å². The van der Waals surface area contributed by atoms with Crippen molar-refractivity contribution < 1.29 is 14.3 Å². The normalized spacial score (nSPS) is 14.6. The molecule has 1 aliphatic heterocycles. The van der Waals surface area contributed by atoms with Gasteiger partial charge in [-0.05, 0) is 79.5 Å². The third-order valence-corrected chi connectivity index (χ3v) is 10.7. The van der Waals surface area contributed by atoms with Crippen LogP contribution in [0.2, 0.25) is 18.1 Å². The van der Waals surface area contributed by atoms with E-state index in [0.717, 1.165) is 33.1 Å². The van der Waals surface area contributed by atoms with E-state index < -0.39 is 14.4 Å². The van der Waals surface area contributed by atoms with E-state index in [-0.39, 0.29) is 12.3 Å². The van der Waals surface area contributed by atoms with Gasteiger partial charge in [0.1, 0.15) is 17.6 Å². The summed E-state index contributed by atoms with van der Waals surface area (Å²) in [4.78, 5) is 30.1. The number of nitrogens with one attached hydrogen (secondary N) is 1. The molecule has 11 heteroatoms. The molecule has 8 nitrogen and oxygen atoms in total. The van der Waals surface area contributed by atoms with Crippen LogP contribution in [0, 0.1) is 6.92 Å². The molecule has 5 aromatic rings. The Hall–Kier alpha value is -3.83. The fourth-order valence-electron chi connectivity index (χ4n) is 5.35. The molecule has 0 fully saturated rings. The molecule has 2 aromatic heterocycles. The predicted octanol–water partition coefficient (Wildman–Crippen LogP) is 5.50. The molecular weight excluding hydrogens is 598 g/mol. The van der Waals surface area contributed by atoms with E-state index in [1.165, 1.54) is 9.58 Å². The van der Waals surface area contributed by atoms with E-state index >= 15 is 0 Å². The first-order valence-corrected chi connectivity index (χ1v) is 18.2. The Morgan fingerprint density at radius 2 is 1.88 bits per heavy atom. The van der Waals surface area contributed by atoms with Crippen molar-refractivity contribution in [3.05, 3.63) is 99.4 Å². The number of aryl methyl sites for hydroxylation is 1. The highest BCUT2D eigenvalue weighted by Crippen LogP contribution is 2.34. The average molecular weight is 630 g/mol. The minimum absolute atomic E-state index is 0.114. The Labute approximate surface area is 260 Å². The van der Waals surface area contributed by atoms with Crippen molar-refractivity contribution in [1.29, 1.82) is 0 Å². The zero-order valence-electron chi connectivity index (χ0n) is 24.4. The lowest BCUT2D eigenvalue weighted by molar-refractivity contribution is -0.121. The first-order chi connectivity index (χ1) is 20.6. The van der Waals surface area contributed by atoms with Gasteiger partial charge in [0.2, 0.25) is 14.2 Å². The zero-order valence-corrected chi connectivity index (χ0v) is 27.0. The zero-order chi connectivity index (χ0) is 30.3. The number of hydrogen-bond acceptors (Lipinski definition) is 7. The van der Waals surface area contributed by atoms with Crippen LogP contribution in [0.15, 0.2) is 71.7 Å². The van der Waals surface area contributed by atoms with E-state index in [4.69, 9.17) is 21.3 Å². The number of ether oxygens (including phenoxy) is 1. The van der Waals surface area contributed by atoms with Crippen LogP contribution in [0.1, 0.15) is 40.1 Å². The highest BCUT2D eigenvalue weighted by molar-refractivity contribution is 7.19. The Balaban J connectivity index is 1.25. The monoisotopic (exact) mass is 629 g/mol. The second-order valence-corrected chi connectivity index (χ2v) is 16.5. The summed E-state index contributed by atoms with van der Waals surface area (Å²) in [5, 5.41) is 14.7. The first kappa shape index (κ1) is 29.2. The largest absolute Gasteiger partial charge is 0.497 e. The molecule has 0 aliphatic carbocycles. The molecule has 3 heterocycles. The van der Waals surface area contributed by atoms with Crippen LogP contribution in [0.4, 0.5) is 0 Å². The van der Waals surface area contributed by atoms with Crippen molar-refractivity contribution in [3.8, 4) is 11.4 Å². The molecule has 2 N–H and O–H groups in total. The molecule has 0 saturated heterocycles. The van der Waals surface area contributed by atoms with Crippen LogP contribution in [-0.4, -0.2) is 53.2 Å². The lowest BCUT2D eigenvalue weighted by Crippen LogP contribution is -2.41. The minimum atomic E-state index is -2.37. The highest BCUT2D eigenvalue weighted by Gasteiger charge is 2.30. The maximum Gasteiger partial charge on any atom is 0.222 e. The quantitative estimate of drug-likeness (QED) is 0.221. The summed E-state index contributed by atoms with van der Waals surface area (Å²) >= 11 is 7.92. The number of halogens is 1. The van der Waals surface area contributed by atoms with Gasteiger partial charge in [0.25, 0.3) is 0 Å². The average Bonchev–Trinajstić information content (AvgIpc) is 3.53. The van der Waals surface area contributed by atoms with Crippen LogP contribution in [0.25, 0.3) is 15.8 Å². The number of amides is 1. The van der Waals surface area contributed by atoms with Crippen LogP contribution >= 0.6 is 22.9 Å². The van der Waals surface area contributed by atoms with Gasteiger partial charge in [-0.2, -0.15) is 0 Å². The van der Waals surface area contributed by atoms with Gasteiger partial charge in [-0.1, -0.05) is 35.9 Å². The number of nitrogens with zero attached hydrogens (tertiary/aromatic N) is 4. The number of thiophene rings is 1. The van der Waals surface area contributed by atoms with Gasteiger partial charge in [-0.25, -0.2) is 0 Å². The Kier molecular flexibility index (Phi) is 7.95. The van der Waals surface area contributed by atoms with Crippen molar-refractivity contribution in [2.24, 2.45) is 4.99 Å². The van der Waals surface area contributed by atoms with Gasteiger partial charge in [0.15, 0.2) is 5.82 Å². The number of aliphatic imine (C=N–C) groups is 1. The number of hydrogen-bond donors (Lipinski definition) is 2. The van der Waals surface area contributed by atoms with Crippen LogP contribution < -0.4 is 15.2 Å². The molecule has 0 spiro atoms. The maximum absolute atomic E-state index is 13.3. The topological polar surface area (TPSA) is 102 Å². The Bertz CT molecular complexity index is 1860. The summed E-state index contributed by atoms with van der Waals surface area (Å²) in [6.45, 7) is 6.25. The van der Waals surface area contributed by atoms with Gasteiger partial charge in [0, 0.05) is 32.3 Å². The van der Waals surface area contributed by atoms with Crippen LogP contribution in [-0.2, 0) is 11.2 Å². The lowest BCUT2D eigenvalue weighted by Gasteiger charge is -2.14. The fourth-order valence-corrected chi connectivity index (χ4v) is 7.52. The van der Waals surface area contributed by atoms with E-state index in [0.29, 0.717) is 35.4 Å². The van der Waals surface area contributed by atoms with Crippen LogP contribution in [0.3, 0.4) is 0 Å². The second-order valence-electron chi connectivity index (χ2n) is 11.2.